The summed E-state index contributed by atoms with van der Waals surface area (Å²) < 4.78 is 0. The summed E-state index contributed by atoms with van der Waals surface area (Å²) in [5.74, 6) is -0.0231. The quantitative estimate of drug-likeness (QED) is 0.393. The smallest absolute Gasteiger partial charge is 0.0656 e. The van der Waals surface area contributed by atoms with Gasteiger partial charge in [0.25, 0.3) is 0 Å². The van der Waals surface area contributed by atoms with Crippen LogP contribution in [0.5, 0.6) is 0 Å². The normalized spacial score (nSPS) is 15.9. The second-order valence-electron chi connectivity index (χ2n) is 2.85. The van der Waals surface area contributed by atoms with Crippen LogP contribution in [0.1, 0.15) is 40.0 Å². The van der Waals surface area contributed by atoms with Crippen LogP contribution < -0.4 is 0 Å². The first-order valence-corrected chi connectivity index (χ1v) is 4.66. The van der Waals surface area contributed by atoms with Gasteiger partial charge in [-0.25, -0.2) is 0 Å². The van der Waals surface area contributed by atoms with Gasteiger partial charge in [-0.05, 0) is 19.3 Å². The summed E-state index contributed by atoms with van der Waals surface area (Å²) in [6.07, 6.45) is 2.14. The van der Waals surface area contributed by atoms with Gasteiger partial charge in [0.1, 0.15) is 0 Å². The van der Waals surface area contributed by atoms with Crippen molar-refractivity contribution in [3.8, 4) is 0 Å². The molecule has 0 aromatic heterocycles. The van der Waals surface area contributed by atoms with Crippen molar-refractivity contribution in [3.63, 3.8) is 0 Å². The zero-order chi connectivity index (χ0) is 10.3. The lowest BCUT2D eigenvalue weighted by Gasteiger charge is -2.15. The molecule has 0 amide bonds. The fourth-order valence-electron chi connectivity index (χ4n) is 1.44. The summed E-state index contributed by atoms with van der Waals surface area (Å²) >= 11 is 0. The van der Waals surface area contributed by atoms with Crippen molar-refractivity contribution in [1.82, 2.24) is 0 Å². The third kappa shape index (κ3) is 3.05. The lowest BCUT2D eigenvalue weighted by atomic mass is 9.92. The highest BCUT2D eigenvalue weighted by Gasteiger charge is 2.18. The average Bonchev–Trinajstić information content (AvgIpc) is 2.18. The summed E-state index contributed by atoms with van der Waals surface area (Å²) in [7, 11) is 0. The van der Waals surface area contributed by atoms with Gasteiger partial charge in [0.05, 0.1) is 11.4 Å². The van der Waals surface area contributed by atoms with Crippen LogP contribution in [0.25, 0.3) is 0 Å². The molecule has 0 aromatic carbocycles. The van der Waals surface area contributed by atoms with Gasteiger partial charge in [-0.1, -0.05) is 31.1 Å². The van der Waals surface area contributed by atoms with Crippen LogP contribution in [0, 0.1) is 5.92 Å². The topological polar surface area (TPSA) is 65.2 Å². The molecule has 0 aromatic rings. The molecule has 0 aliphatic carbocycles. The second-order valence-corrected chi connectivity index (χ2v) is 2.85. The molecule has 4 heteroatoms. The van der Waals surface area contributed by atoms with Crippen molar-refractivity contribution in [2.45, 2.75) is 40.0 Å². The molecule has 0 aliphatic rings. The van der Waals surface area contributed by atoms with E-state index in [-0.39, 0.29) is 5.92 Å². The maximum absolute atomic E-state index is 8.72. The van der Waals surface area contributed by atoms with Crippen molar-refractivity contribution < 1.29 is 10.4 Å². The maximum atomic E-state index is 8.72. The van der Waals surface area contributed by atoms with E-state index in [9.17, 15) is 0 Å². The Morgan fingerprint density at radius 2 is 1.38 bits per heavy atom. The van der Waals surface area contributed by atoms with Gasteiger partial charge in [0.2, 0.25) is 0 Å². The lowest BCUT2D eigenvalue weighted by Crippen LogP contribution is -2.22. The minimum Gasteiger partial charge on any atom is -0.411 e. The Hall–Kier alpha value is -1.06. The zero-order valence-electron chi connectivity index (χ0n) is 8.49. The maximum Gasteiger partial charge on any atom is 0.0656 e. The standard InChI is InChI=1S/C9H18N2O2/c1-4-7(8(5-2)10-12)9(6-3)11-13/h7,12-13H,4-6H2,1-3H3/b10-8+,11-9+. The lowest BCUT2D eigenvalue weighted by molar-refractivity contribution is 0.309. The second kappa shape index (κ2) is 6.46. The molecule has 0 heterocycles. The Morgan fingerprint density at radius 3 is 1.54 bits per heavy atom. The van der Waals surface area contributed by atoms with Crippen molar-refractivity contribution in [3.05, 3.63) is 0 Å². The first-order valence-electron chi connectivity index (χ1n) is 4.66. The molecule has 13 heavy (non-hydrogen) atoms. The SMILES string of the molecule is CC/C(=N\O)C(CC)/C(CC)=N/O. The molecule has 0 rings (SSSR count). The Bertz CT molecular complexity index is 180. The van der Waals surface area contributed by atoms with Gasteiger partial charge in [0, 0.05) is 5.92 Å². The predicted molar refractivity (Wildman–Crippen MR) is 52.8 cm³/mol. The molecule has 76 valence electrons. The minimum absolute atomic E-state index is 0.0231. The summed E-state index contributed by atoms with van der Waals surface area (Å²) in [5, 5.41) is 23.9. The van der Waals surface area contributed by atoms with Crippen LogP contribution >= 0.6 is 0 Å². The summed E-state index contributed by atoms with van der Waals surface area (Å²) in [6.45, 7) is 5.82. The number of hydrogen-bond acceptors (Lipinski definition) is 4. The molecule has 0 spiro atoms. The van der Waals surface area contributed by atoms with Gasteiger partial charge in [-0.2, -0.15) is 0 Å². The Labute approximate surface area is 78.9 Å². The highest BCUT2D eigenvalue weighted by atomic mass is 16.4. The van der Waals surface area contributed by atoms with Gasteiger partial charge in [0.15, 0.2) is 0 Å². The first-order chi connectivity index (χ1) is 6.24. The third-order valence-corrected chi connectivity index (χ3v) is 2.19. The Kier molecular flexibility index (Phi) is 5.93. The summed E-state index contributed by atoms with van der Waals surface area (Å²) in [4.78, 5) is 0. The van der Waals surface area contributed by atoms with Gasteiger partial charge >= 0.3 is 0 Å². The first kappa shape index (κ1) is 11.9. The molecular formula is C9H18N2O2. The fourth-order valence-corrected chi connectivity index (χ4v) is 1.44. The van der Waals surface area contributed by atoms with Crippen LogP contribution in [0.2, 0.25) is 0 Å². The van der Waals surface area contributed by atoms with E-state index in [1.165, 1.54) is 0 Å². The summed E-state index contributed by atoms with van der Waals surface area (Å²) in [6, 6.07) is 0. The van der Waals surface area contributed by atoms with Crippen molar-refractivity contribution in [2.75, 3.05) is 0 Å². The highest BCUT2D eigenvalue weighted by molar-refractivity contribution is 6.06. The van der Waals surface area contributed by atoms with E-state index in [1.54, 1.807) is 0 Å². The van der Waals surface area contributed by atoms with Gasteiger partial charge in [-0.15, -0.1) is 0 Å². The van der Waals surface area contributed by atoms with E-state index < -0.39 is 0 Å². The van der Waals surface area contributed by atoms with Gasteiger partial charge in [-0.3, -0.25) is 0 Å². The molecular weight excluding hydrogens is 168 g/mol. The number of oxime groups is 2. The van der Waals surface area contributed by atoms with Crippen molar-refractivity contribution in [1.29, 1.82) is 0 Å². The minimum atomic E-state index is -0.0231. The molecule has 0 saturated carbocycles. The Morgan fingerprint density at radius 1 is 1.00 bits per heavy atom. The van der Waals surface area contributed by atoms with E-state index >= 15 is 0 Å². The van der Waals surface area contributed by atoms with E-state index in [1.807, 2.05) is 20.8 Å². The molecule has 0 saturated heterocycles. The largest absolute Gasteiger partial charge is 0.411 e. The molecule has 0 atom stereocenters. The molecule has 0 bridgehead atoms. The van der Waals surface area contributed by atoms with Crippen LogP contribution in [-0.4, -0.2) is 21.8 Å². The Balaban J connectivity index is 4.67. The third-order valence-electron chi connectivity index (χ3n) is 2.19. The van der Waals surface area contributed by atoms with Gasteiger partial charge < -0.3 is 10.4 Å². The molecule has 0 unspecified atom stereocenters. The molecule has 4 nitrogen and oxygen atoms in total. The number of hydrogen-bond donors (Lipinski definition) is 2. The molecule has 0 radical (unpaired) electrons. The predicted octanol–water partition coefficient (Wildman–Crippen LogP) is 2.49. The van der Waals surface area contributed by atoms with Crippen LogP contribution in [0.4, 0.5) is 0 Å². The monoisotopic (exact) mass is 186 g/mol. The van der Waals surface area contributed by atoms with Crippen LogP contribution in [0.15, 0.2) is 10.3 Å². The molecule has 0 fully saturated rings. The fraction of sp³-hybridized carbons (Fsp3) is 0.778. The molecule has 0 aliphatic heterocycles. The number of nitrogens with zero attached hydrogens (tertiary/aromatic N) is 2. The van der Waals surface area contributed by atoms with Crippen molar-refractivity contribution in [2.24, 2.45) is 16.2 Å². The van der Waals surface area contributed by atoms with Crippen molar-refractivity contribution >= 4 is 11.4 Å². The summed E-state index contributed by atoms with van der Waals surface area (Å²) in [5.41, 5.74) is 1.36. The van der Waals surface area contributed by atoms with Crippen LogP contribution in [-0.2, 0) is 0 Å². The van der Waals surface area contributed by atoms with E-state index in [2.05, 4.69) is 10.3 Å². The highest BCUT2D eigenvalue weighted by Crippen LogP contribution is 2.13. The van der Waals surface area contributed by atoms with Crippen LogP contribution in [0.3, 0.4) is 0 Å². The zero-order valence-corrected chi connectivity index (χ0v) is 8.49. The van der Waals surface area contributed by atoms with E-state index in [4.69, 9.17) is 10.4 Å². The average molecular weight is 186 g/mol. The molecule has 2 N–H and O–H groups in total. The van der Waals surface area contributed by atoms with E-state index in [0.29, 0.717) is 24.3 Å². The number of rotatable bonds is 5. The van der Waals surface area contributed by atoms with E-state index in [0.717, 1.165) is 6.42 Å².